The monoisotopic (exact) mass is 431 g/mol. The van der Waals surface area contributed by atoms with E-state index in [-0.39, 0.29) is 25.1 Å². The Hall–Kier alpha value is -2.95. The van der Waals surface area contributed by atoms with Crippen molar-refractivity contribution >= 4 is 5.97 Å². The predicted octanol–water partition coefficient (Wildman–Crippen LogP) is 5.21. The van der Waals surface area contributed by atoms with Crippen LogP contribution in [0.25, 0.3) is 0 Å². The van der Waals surface area contributed by atoms with Crippen LogP contribution in [-0.4, -0.2) is 28.6 Å². The predicted molar refractivity (Wildman–Crippen MR) is 128 cm³/mol. The highest BCUT2D eigenvalue weighted by molar-refractivity contribution is 5.76. The minimum atomic E-state index is -0.411. The summed E-state index contributed by atoms with van der Waals surface area (Å²) in [5, 5.41) is 9.37. The van der Waals surface area contributed by atoms with Crippen molar-refractivity contribution in [2.24, 2.45) is 5.92 Å². The van der Waals surface area contributed by atoms with Crippen molar-refractivity contribution in [3.8, 4) is 0 Å². The molecule has 4 heteroatoms. The molecule has 0 aromatic heterocycles. The molecular weight excluding hydrogens is 398 g/mol. The van der Waals surface area contributed by atoms with Crippen molar-refractivity contribution < 1.29 is 14.6 Å². The Kier molecular flexibility index (Phi) is 9.48. The average molecular weight is 432 g/mol. The molecule has 3 aromatic rings. The lowest BCUT2D eigenvalue weighted by Crippen LogP contribution is -2.45. The zero-order chi connectivity index (χ0) is 22.6. The normalized spacial score (nSPS) is 13.0. The molecule has 0 heterocycles. The molecule has 0 aliphatic heterocycles. The molecule has 0 fully saturated rings. The molecule has 0 amide bonds. The number of nitrogens with zero attached hydrogens (tertiary/aromatic N) is 1. The van der Waals surface area contributed by atoms with Gasteiger partial charge in [0.05, 0.1) is 0 Å². The summed E-state index contributed by atoms with van der Waals surface area (Å²) in [6.07, 6.45) is 1.41. The molecule has 0 saturated heterocycles. The highest BCUT2D eigenvalue weighted by Crippen LogP contribution is 2.23. The Labute approximate surface area is 191 Å². The van der Waals surface area contributed by atoms with E-state index in [1.165, 1.54) is 0 Å². The number of ether oxygens (including phenoxy) is 1. The topological polar surface area (TPSA) is 49.8 Å². The zero-order valence-electron chi connectivity index (χ0n) is 18.8. The molecule has 0 aliphatic rings. The molecule has 1 N–H and O–H groups in total. The van der Waals surface area contributed by atoms with E-state index in [0.717, 1.165) is 23.1 Å². The van der Waals surface area contributed by atoms with Gasteiger partial charge in [-0.15, -0.1) is 0 Å². The van der Waals surface area contributed by atoms with Crippen LogP contribution in [0.5, 0.6) is 0 Å². The van der Waals surface area contributed by atoms with Crippen LogP contribution in [0.3, 0.4) is 0 Å². The summed E-state index contributed by atoms with van der Waals surface area (Å²) in [7, 11) is 0. The van der Waals surface area contributed by atoms with Gasteiger partial charge in [0.25, 0.3) is 0 Å². The number of aliphatic hydroxyl groups is 1. The van der Waals surface area contributed by atoms with Crippen LogP contribution in [0.2, 0.25) is 0 Å². The lowest BCUT2D eigenvalue weighted by atomic mass is 9.94. The number of hydrogen-bond acceptors (Lipinski definition) is 4. The molecule has 0 aliphatic carbocycles. The van der Waals surface area contributed by atoms with Crippen molar-refractivity contribution in [3.05, 3.63) is 108 Å². The van der Waals surface area contributed by atoms with Crippen molar-refractivity contribution in [3.63, 3.8) is 0 Å². The van der Waals surface area contributed by atoms with Crippen LogP contribution in [0, 0.1) is 5.92 Å². The van der Waals surface area contributed by atoms with E-state index in [0.29, 0.717) is 19.5 Å². The van der Waals surface area contributed by atoms with Gasteiger partial charge in [0.1, 0.15) is 12.6 Å². The standard InChI is InChI=1S/C28H33NO3/c1-23(12-11-19-30)27(28(31)32-22-26-17-9-4-10-18-26)29(20-24-13-5-2-6-14-24)21-25-15-7-3-8-16-25/h2-10,13-18,23,27,30H,11-12,19-22H2,1H3/t23-,27+/m1/s1. The first-order chi connectivity index (χ1) is 15.7. The second kappa shape index (κ2) is 12.8. The highest BCUT2D eigenvalue weighted by atomic mass is 16.5. The molecule has 32 heavy (non-hydrogen) atoms. The van der Waals surface area contributed by atoms with Gasteiger partial charge >= 0.3 is 5.97 Å². The van der Waals surface area contributed by atoms with Crippen molar-refractivity contribution in [1.82, 2.24) is 4.90 Å². The average Bonchev–Trinajstić information content (AvgIpc) is 2.83. The summed E-state index contributed by atoms with van der Waals surface area (Å²) in [5.74, 6) is -0.177. The molecule has 0 radical (unpaired) electrons. The fourth-order valence-corrected chi connectivity index (χ4v) is 4.01. The number of esters is 1. The number of carbonyl (C=O) groups is 1. The maximum atomic E-state index is 13.4. The Morgan fingerprint density at radius 2 is 1.28 bits per heavy atom. The van der Waals surface area contributed by atoms with Gasteiger partial charge in [-0.2, -0.15) is 0 Å². The largest absolute Gasteiger partial charge is 0.460 e. The Morgan fingerprint density at radius 3 is 1.75 bits per heavy atom. The van der Waals surface area contributed by atoms with Crippen LogP contribution in [0.4, 0.5) is 0 Å². The maximum Gasteiger partial charge on any atom is 0.323 e. The van der Waals surface area contributed by atoms with Crippen LogP contribution >= 0.6 is 0 Å². The Morgan fingerprint density at radius 1 is 0.812 bits per heavy atom. The Balaban J connectivity index is 1.84. The summed E-state index contributed by atoms with van der Waals surface area (Å²) >= 11 is 0. The molecular formula is C28H33NO3. The molecule has 3 rings (SSSR count). The highest BCUT2D eigenvalue weighted by Gasteiger charge is 2.32. The molecule has 2 atom stereocenters. The van der Waals surface area contributed by atoms with Gasteiger partial charge in [-0.25, -0.2) is 0 Å². The van der Waals surface area contributed by atoms with Crippen LogP contribution in [0.15, 0.2) is 91.0 Å². The first-order valence-corrected chi connectivity index (χ1v) is 11.3. The SMILES string of the molecule is C[C@H](CCCO)[C@@H](C(=O)OCc1ccccc1)N(Cc1ccccc1)Cc1ccccc1. The molecule has 0 bridgehead atoms. The summed E-state index contributed by atoms with van der Waals surface area (Å²) in [5.41, 5.74) is 3.28. The molecule has 0 saturated carbocycles. The number of benzene rings is 3. The quantitative estimate of drug-likeness (QED) is 0.400. The molecule has 168 valence electrons. The number of hydrogen-bond donors (Lipinski definition) is 1. The third kappa shape index (κ3) is 7.33. The van der Waals surface area contributed by atoms with Crippen LogP contribution < -0.4 is 0 Å². The van der Waals surface area contributed by atoms with E-state index in [2.05, 4.69) is 36.1 Å². The fraction of sp³-hybridized carbons (Fsp3) is 0.321. The molecule has 4 nitrogen and oxygen atoms in total. The second-order valence-electron chi connectivity index (χ2n) is 8.26. The van der Waals surface area contributed by atoms with Crippen LogP contribution in [-0.2, 0) is 29.2 Å². The van der Waals surface area contributed by atoms with Crippen LogP contribution in [0.1, 0.15) is 36.5 Å². The van der Waals surface area contributed by atoms with Gasteiger partial charge in [-0.1, -0.05) is 97.9 Å². The van der Waals surface area contributed by atoms with Crippen molar-refractivity contribution in [2.75, 3.05) is 6.61 Å². The number of carbonyl (C=O) groups excluding carboxylic acids is 1. The van der Waals surface area contributed by atoms with Gasteiger partial charge < -0.3 is 9.84 Å². The summed E-state index contributed by atoms with van der Waals surface area (Å²) in [4.78, 5) is 15.6. The lowest BCUT2D eigenvalue weighted by Gasteiger charge is -2.34. The first-order valence-electron chi connectivity index (χ1n) is 11.3. The minimum Gasteiger partial charge on any atom is -0.460 e. The van der Waals surface area contributed by atoms with E-state index in [1.54, 1.807) is 0 Å². The van der Waals surface area contributed by atoms with Gasteiger partial charge in [-0.3, -0.25) is 9.69 Å². The van der Waals surface area contributed by atoms with E-state index in [9.17, 15) is 9.90 Å². The third-order valence-corrected chi connectivity index (χ3v) is 5.67. The number of aliphatic hydroxyl groups excluding tert-OH is 1. The minimum absolute atomic E-state index is 0.0397. The van der Waals surface area contributed by atoms with E-state index in [4.69, 9.17) is 4.74 Å². The van der Waals surface area contributed by atoms with E-state index < -0.39 is 6.04 Å². The summed E-state index contributed by atoms with van der Waals surface area (Å²) < 4.78 is 5.80. The maximum absolute atomic E-state index is 13.4. The molecule has 0 spiro atoms. The first kappa shape index (κ1) is 23.7. The van der Waals surface area contributed by atoms with Gasteiger partial charge in [0, 0.05) is 19.7 Å². The smallest absolute Gasteiger partial charge is 0.323 e. The number of rotatable bonds is 12. The van der Waals surface area contributed by atoms with Gasteiger partial charge in [-0.05, 0) is 35.4 Å². The van der Waals surface area contributed by atoms with E-state index in [1.807, 2.05) is 66.7 Å². The zero-order valence-corrected chi connectivity index (χ0v) is 18.8. The summed E-state index contributed by atoms with van der Waals surface area (Å²) in [6.45, 7) is 3.74. The van der Waals surface area contributed by atoms with E-state index >= 15 is 0 Å². The lowest BCUT2D eigenvalue weighted by molar-refractivity contribution is -0.154. The molecule has 0 unspecified atom stereocenters. The molecule has 3 aromatic carbocycles. The summed E-state index contributed by atoms with van der Waals surface area (Å²) in [6, 6.07) is 29.8. The van der Waals surface area contributed by atoms with Gasteiger partial charge in [0.2, 0.25) is 0 Å². The Bertz CT molecular complexity index is 874. The third-order valence-electron chi connectivity index (χ3n) is 5.67. The second-order valence-corrected chi connectivity index (χ2v) is 8.26. The van der Waals surface area contributed by atoms with Crippen molar-refractivity contribution in [2.45, 2.75) is 45.5 Å². The van der Waals surface area contributed by atoms with Crippen molar-refractivity contribution in [1.29, 1.82) is 0 Å². The van der Waals surface area contributed by atoms with Gasteiger partial charge in [0.15, 0.2) is 0 Å². The fourth-order valence-electron chi connectivity index (χ4n) is 4.01.